The fraction of sp³-hybridized carbons (Fsp3) is 0.406. The normalized spacial score (nSPS) is 20.2. The molecule has 9 nitrogen and oxygen atoms in total. The number of carbonyl (C=O) groups excluding carboxylic acids is 1. The smallest absolute Gasteiger partial charge is 0.246 e. The first kappa shape index (κ1) is 26.9. The summed E-state index contributed by atoms with van der Waals surface area (Å²) in [6.07, 6.45) is 15.8. The van der Waals surface area contributed by atoms with Gasteiger partial charge in [-0.15, -0.1) is 0 Å². The topological polar surface area (TPSA) is 112 Å². The maximum absolute atomic E-state index is 12.8. The summed E-state index contributed by atoms with van der Waals surface area (Å²) in [7, 11) is 0. The first-order valence-corrected chi connectivity index (χ1v) is 14.7. The molecule has 2 N–H and O–H groups in total. The second-order valence-electron chi connectivity index (χ2n) is 11.4. The highest BCUT2D eigenvalue weighted by atomic mass is 16.5. The molecule has 1 saturated heterocycles. The number of unbranched alkanes of at least 4 members (excludes halogenated alkanes) is 4. The summed E-state index contributed by atoms with van der Waals surface area (Å²) in [6.45, 7) is 3.83. The van der Waals surface area contributed by atoms with E-state index < -0.39 is 0 Å². The predicted octanol–water partition coefficient (Wildman–Crippen LogP) is 6.34. The number of nitrogens with two attached hydrogens (primary N) is 1. The molecule has 1 amide bonds. The second kappa shape index (κ2) is 11.7. The molecule has 4 aromatic rings. The maximum Gasteiger partial charge on any atom is 0.246 e. The van der Waals surface area contributed by atoms with Crippen LogP contribution in [0.2, 0.25) is 0 Å². The highest BCUT2D eigenvalue weighted by Crippen LogP contribution is 2.54. The van der Waals surface area contributed by atoms with Crippen LogP contribution in [0.3, 0.4) is 0 Å². The van der Waals surface area contributed by atoms with E-state index in [1.807, 2.05) is 58.1 Å². The van der Waals surface area contributed by atoms with Crippen LogP contribution in [-0.2, 0) is 4.79 Å². The fourth-order valence-electron chi connectivity index (χ4n) is 6.18. The molecule has 0 atom stereocenters. The van der Waals surface area contributed by atoms with Gasteiger partial charge in [0.15, 0.2) is 5.65 Å². The second-order valence-corrected chi connectivity index (χ2v) is 11.4. The van der Waals surface area contributed by atoms with Crippen LogP contribution in [0, 0.1) is 5.41 Å². The lowest BCUT2D eigenvalue weighted by Gasteiger charge is -2.45. The molecule has 4 heterocycles. The number of allylic oxidation sites excluding steroid dienone is 1. The molecule has 9 heteroatoms. The van der Waals surface area contributed by atoms with Gasteiger partial charge >= 0.3 is 0 Å². The van der Waals surface area contributed by atoms with Crippen LogP contribution in [0.5, 0.6) is 11.5 Å². The number of fused-ring (bicyclic) bond motifs is 1. The minimum Gasteiger partial charge on any atom is -0.456 e. The Hall–Kier alpha value is -4.27. The van der Waals surface area contributed by atoms with Crippen molar-refractivity contribution in [1.29, 1.82) is 0 Å². The first-order valence-electron chi connectivity index (χ1n) is 14.7. The van der Waals surface area contributed by atoms with E-state index in [-0.39, 0.29) is 17.4 Å². The fourth-order valence-corrected chi connectivity index (χ4v) is 6.18. The van der Waals surface area contributed by atoms with Crippen molar-refractivity contribution < 1.29 is 9.53 Å². The molecule has 1 spiro atoms. The number of benzene rings is 1. The first-order chi connectivity index (χ1) is 20.0. The van der Waals surface area contributed by atoms with E-state index in [0.29, 0.717) is 28.3 Å². The van der Waals surface area contributed by atoms with Crippen LogP contribution in [0.15, 0.2) is 67.1 Å². The van der Waals surface area contributed by atoms with Gasteiger partial charge in [0.2, 0.25) is 5.91 Å². The lowest BCUT2D eigenvalue weighted by atomic mass is 9.65. The number of rotatable bonds is 10. The van der Waals surface area contributed by atoms with Crippen LogP contribution >= 0.6 is 0 Å². The van der Waals surface area contributed by atoms with E-state index in [0.717, 1.165) is 56.6 Å². The standard InChI is InChI=1S/C32H37N7O2/c1-2-3-4-5-6-10-13-27(40)38-17-16-32(21-38)18-23(19-32)39-31-28(30(33)35-22-36-31)29(37-39)26-15-14-25(20-34-26)41-24-11-8-7-9-12-24/h7-15,20,22-23H,2-6,16-19,21H2,1H3,(H2,33,35,36)/b13-10+/t23-,32-. The monoisotopic (exact) mass is 551 g/mol. The van der Waals surface area contributed by atoms with Gasteiger partial charge in [0.1, 0.15) is 29.3 Å². The summed E-state index contributed by atoms with van der Waals surface area (Å²) >= 11 is 0. The van der Waals surface area contributed by atoms with Crippen molar-refractivity contribution in [3.63, 3.8) is 0 Å². The number of ether oxygens (including phenoxy) is 1. The number of hydrogen-bond donors (Lipinski definition) is 1. The number of hydrogen-bond acceptors (Lipinski definition) is 7. The molecule has 6 rings (SSSR count). The molecule has 1 saturated carbocycles. The number of nitrogens with zero attached hydrogens (tertiary/aromatic N) is 6. The van der Waals surface area contributed by atoms with Crippen molar-refractivity contribution in [2.45, 2.75) is 64.3 Å². The summed E-state index contributed by atoms with van der Waals surface area (Å²) in [5, 5.41) is 5.69. The van der Waals surface area contributed by atoms with Gasteiger partial charge < -0.3 is 15.4 Å². The van der Waals surface area contributed by atoms with Crippen molar-refractivity contribution in [2.24, 2.45) is 5.41 Å². The summed E-state index contributed by atoms with van der Waals surface area (Å²) in [4.78, 5) is 28.2. The van der Waals surface area contributed by atoms with E-state index in [9.17, 15) is 4.79 Å². The van der Waals surface area contributed by atoms with E-state index in [1.165, 1.54) is 25.6 Å². The third-order valence-electron chi connectivity index (χ3n) is 8.39. The van der Waals surface area contributed by atoms with Gasteiger partial charge in [-0.1, -0.05) is 50.5 Å². The maximum atomic E-state index is 12.8. The molecule has 3 aromatic heterocycles. The minimum absolute atomic E-state index is 0.138. The SMILES string of the molecule is CCCCCC/C=C/C(=O)N1CC[C@]2(C1)C[C@H](n1nc(-c3ccc(Oc4ccccc4)cn3)c3c(N)ncnc31)C2. The zero-order valence-electron chi connectivity index (χ0n) is 23.6. The Morgan fingerprint density at radius 2 is 1.93 bits per heavy atom. The van der Waals surface area contributed by atoms with E-state index in [4.69, 9.17) is 15.6 Å². The number of anilines is 1. The Kier molecular flexibility index (Phi) is 7.67. The summed E-state index contributed by atoms with van der Waals surface area (Å²) in [5.41, 5.74) is 8.54. The van der Waals surface area contributed by atoms with Crippen molar-refractivity contribution in [1.82, 2.24) is 29.6 Å². The summed E-state index contributed by atoms with van der Waals surface area (Å²) in [5.74, 6) is 1.91. The Morgan fingerprint density at radius 3 is 2.71 bits per heavy atom. The van der Waals surface area contributed by atoms with Crippen LogP contribution in [0.4, 0.5) is 5.82 Å². The molecular weight excluding hydrogens is 514 g/mol. The number of nitrogen functional groups attached to an aromatic ring is 1. The molecule has 41 heavy (non-hydrogen) atoms. The van der Waals surface area contributed by atoms with E-state index in [1.54, 1.807) is 12.3 Å². The molecule has 1 aliphatic heterocycles. The van der Waals surface area contributed by atoms with Gasteiger partial charge in [0.05, 0.1) is 23.3 Å². The van der Waals surface area contributed by atoms with Gasteiger partial charge in [-0.3, -0.25) is 9.78 Å². The van der Waals surface area contributed by atoms with Crippen molar-refractivity contribution >= 4 is 22.8 Å². The van der Waals surface area contributed by atoms with Gasteiger partial charge in [-0.2, -0.15) is 5.10 Å². The third-order valence-corrected chi connectivity index (χ3v) is 8.39. The Labute approximate surface area is 240 Å². The molecule has 1 aromatic carbocycles. The molecule has 2 fully saturated rings. The highest BCUT2D eigenvalue weighted by Gasteiger charge is 2.50. The Bertz CT molecular complexity index is 1530. The van der Waals surface area contributed by atoms with Gasteiger partial charge in [-0.05, 0) is 67.9 Å². The van der Waals surface area contributed by atoms with Crippen molar-refractivity contribution in [2.75, 3.05) is 18.8 Å². The molecular formula is C32H37N7O2. The van der Waals surface area contributed by atoms with Crippen LogP contribution in [0.25, 0.3) is 22.4 Å². The lowest BCUT2D eigenvalue weighted by Crippen LogP contribution is -2.42. The predicted molar refractivity (Wildman–Crippen MR) is 159 cm³/mol. The number of para-hydroxylation sites is 1. The quantitative estimate of drug-likeness (QED) is 0.181. The number of carbonyl (C=O) groups is 1. The highest BCUT2D eigenvalue weighted by molar-refractivity contribution is 5.97. The third kappa shape index (κ3) is 5.66. The number of amides is 1. The zero-order chi connectivity index (χ0) is 28.2. The number of aromatic nitrogens is 5. The van der Waals surface area contributed by atoms with Gasteiger partial charge in [-0.25, -0.2) is 14.6 Å². The van der Waals surface area contributed by atoms with Gasteiger partial charge in [0, 0.05) is 13.1 Å². The lowest BCUT2D eigenvalue weighted by molar-refractivity contribution is -0.125. The van der Waals surface area contributed by atoms with Crippen LogP contribution < -0.4 is 10.5 Å². The van der Waals surface area contributed by atoms with Crippen LogP contribution in [0.1, 0.15) is 64.3 Å². The Balaban J connectivity index is 1.14. The number of likely N-dealkylation sites (tertiary alicyclic amines) is 1. The van der Waals surface area contributed by atoms with Crippen molar-refractivity contribution in [3.05, 3.63) is 67.1 Å². The summed E-state index contributed by atoms with van der Waals surface area (Å²) < 4.78 is 7.89. The molecule has 212 valence electrons. The molecule has 0 radical (unpaired) electrons. The minimum atomic E-state index is 0.138. The molecule has 0 unspecified atom stereocenters. The number of pyridine rings is 1. The van der Waals surface area contributed by atoms with E-state index >= 15 is 0 Å². The van der Waals surface area contributed by atoms with Crippen LogP contribution in [-0.4, -0.2) is 48.6 Å². The molecule has 1 aliphatic carbocycles. The molecule has 2 aliphatic rings. The van der Waals surface area contributed by atoms with Gasteiger partial charge in [0.25, 0.3) is 0 Å². The van der Waals surface area contributed by atoms with Crippen molar-refractivity contribution in [3.8, 4) is 22.9 Å². The Morgan fingerprint density at radius 1 is 1.07 bits per heavy atom. The molecule has 0 bridgehead atoms. The average Bonchev–Trinajstić information content (AvgIpc) is 3.59. The largest absolute Gasteiger partial charge is 0.456 e. The van der Waals surface area contributed by atoms with E-state index in [2.05, 4.69) is 21.9 Å². The summed E-state index contributed by atoms with van der Waals surface area (Å²) in [6, 6.07) is 13.6. The average molecular weight is 552 g/mol. The zero-order valence-corrected chi connectivity index (χ0v) is 23.6.